The maximum absolute atomic E-state index is 13.4. The fraction of sp³-hybridized carbons (Fsp3) is 0.190. The summed E-state index contributed by atoms with van der Waals surface area (Å²) in [4.78, 5) is 16.6. The third kappa shape index (κ3) is 3.37. The van der Waals surface area contributed by atoms with Crippen LogP contribution in [0.3, 0.4) is 0 Å². The first-order valence-corrected chi connectivity index (χ1v) is 11.3. The lowest BCUT2D eigenvalue weighted by Gasteiger charge is -2.36. The minimum atomic E-state index is -3.61. The van der Waals surface area contributed by atoms with E-state index in [4.69, 9.17) is 0 Å². The summed E-state index contributed by atoms with van der Waals surface area (Å²) in [6, 6.07) is 18.1. The Hall–Kier alpha value is -2.48. The molecule has 1 atom stereocenters. The first-order chi connectivity index (χ1) is 13.5. The van der Waals surface area contributed by atoms with Crippen molar-refractivity contribution in [2.75, 3.05) is 13.6 Å². The number of benzene rings is 2. The zero-order chi connectivity index (χ0) is 19.7. The fourth-order valence-electron chi connectivity index (χ4n) is 3.61. The third-order valence-corrected chi connectivity index (χ3v) is 7.41. The number of carbonyl (C=O) groups is 1. The van der Waals surface area contributed by atoms with Gasteiger partial charge in [0.2, 0.25) is 10.0 Å². The van der Waals surface area contributed by atoms with Crippen LogP contribution in [-0.4, -0.2) is 32.8 Å². The number of nitrogens with zero attached hydrogens (tertiary/aromatic N) is 1. The van der Waals surface area contributed by atoms with Gasteiger partial charge in [-0.25, -0.2) is 13.1 Å². The van der Waals surface area contributed by atoms with E-state index in [0.717, 1.165) is 17.5 Å². The summed E-state index contributed by atoms with van der Waals surface area (Å²) in [5, 5.41) is 2.06. The van der Waals surface area contributed by atoms with Gasteiger partial charge in [0.05, 0.1) is 10.9 Å². The summed E-state index contributed by atoms with van der Waals surface area (Å²) < 4.78 is 26.6. The molecule has 144 valence electrons. The minimum Gasteiger partial charge on any atom is -0.327 e. The number of hydrogen-bond acceptors (Lipinski definition) is 4. The van der Waals surface area contributed by atoms with Crippen LogP contribution in [0.4, 0.5) is 0 Å². The quantitative estimate of drug-likeness (QED) is 0.714. The van der Waals surface area contributed by atoms with Crippen LogP contribution in [0.5, 0.6) is 0 Å². The summed E-state index contributed by atoms with van der Waals surface area (Å²) >= 11 is 1.72. The molecule has 2 aromatic carbocycles. The molecule has 0 saturated heterocycles. The van der Waals surface area contributed by atoms with E-state index in [-0.39, 0.29) is 16.8 Å². The van der Waals surface area contributed by atoms with E-state index in [1.165, 1.54) is 24.1 Å². The Balaban J connectivity index is 1.76. The lowest BCUT2D eigenvalue weighted by atomic mass is 9.92. The highest BCUT2D eigenvalue weighted by molar-refractivity contribution is 7.89. The summed E-state index contributed by atoms with van der Waals surface area (Å²) in [6.45, 7) is 0.592. The van der Waals surface area contributed by atoms with Crippen LogP contribution in [-0.2, 0) is 16.4 Å². The normalized spacial score (nSPS) is 16.6. The second-order valence-electron chi connectivity index (χ2n) is 6.60. The van der Waals surface area contributed by atoms with E-state index in [2.05, 4.69) is 16.2 Å². The molecule has 1 aromatic heterocycles. The first kappa shape index (κ1) is 18.9. The van der Waals surface area contributed by atoms with Gasteiger partial charge in [0.1, 0.15) is 0 Å². The minimum absolute atomic E-state index is 0.0883. The van der Waals surface area contributed by atoms with E-state index in [1.54, 1.807) is 23.5 Å². The van der Waals surface area contributed by atoms with Gasteiger partial charge >= 0.3 is 0 Å². The second-order valence-corrected chi connectivity index (χ2v) is 9.48. The average Bonchev–Trinajstić information content (AvgIpc) is 3.22. The number of rotatable bonds is 4. The monoisotopic (exact) mass is 412 g/mol. The molecule has 2 heterocycles. The molecule has 3 aromatic rings. The number of carbonyl (C=O) groups excluding carboxylic acids is 1. The highest BCUT2D eigenvalue weighted by Crippen LogP contribution is 2.38. The Kier molecular flexibility index (Phi) is 5.05. The molecule has 0 fully saturated rings. The van der Waals surface area contributed by atoms with Crippen molar-refractivity contribution in [1.29, 1.82) is 0 Å². The molecule has 0 bridgehead atoms. The van der Waals surface area contributed by atoms with Crippen LogP contribution in [0, 0.1) is 0 Å². The van der Waals surface area contributed by atoms with Crippen molar-refractivity contribution >= 4 is 27.3 Å². The number of hydrogen-bond donors (Lipinski definition) is 1. The summed E-state index contributed by atoms with van der Waals surface area (Å²) in [5.41, 5.74) is 2.57. The summed E-state index contributed by atoms with van der Waals surface area (Å²) in [7, 11) is -2.25. The molecule has 1 aliphatic heterocycles. The zero-order valence-electron chi connectivity index (χ0n) is 15.3. The van der Waals surface area contributed by atoms with E-state index >= 15 is 0 Å². The van der Waals surface area contributed by atoms with Crippen molar-refractivity contribution < 1.29 is 13.2 Å². The number of sulfonamides is 1. The fourth-order valence-corrected chi connectivity index (χ4v) is 5.29. The van der Waals surface area contributed by atoms with Crippen molar-refractivity contribution in [3.8, 4) is 0 Å². The maximum atomic E-state index is 13.4. The Bertz CT molecular complexity index is 1110. The van der Waals surface area contributed by atoms with Gasteiger partial charge in [0, 0.05) is 17.0 Å². The molecule has 0 aliphatic carbocycles. The Labute approximate surface area is 168 Å². The van der Waals surface area contributed by atoms with Gasteiger partial charge in [-0.2, -0.15) is 0 Å². The maximum Gasteiger partial charge on any atom is 0.254 e. The Morgan fingerprint density at radius 1 is 1.11 bits per heavy atom. The van der Waals surface area contributed by atoms with Crippen molar-refractivity contribution in [3.63, 3.8) is 0 Å². The van der Waals surface area contributed by atoms with Gasteiger partial charge in [-0.15, -0.1) is 11.3 Å². The molecule has 7 heteroatoms. The summed E-state index contributed by atoms with van der Waals surface area (Å²) in [5.74, 6) is -0.168. The highest BCUT2D eigenvalue weighted by Gasteiger charge is 2.33. The third-order valence-electron chi connectivity index (χ3n) is 5.00. The molecule has 1 aliphatic rings. The molecule has 0 radical (unpaired) electrons. The lowest BCUT2D eigenvalue weighted by Crippen LogP contribution is -2.40. The molecule has 5 nitrogen and oxygen atoms in total. The van der Waals surface area contributed by atoms with Gasteiger partial charge in [-0.05, 0) is 54.2 Å². The van der Waals surface area contributed by atoms with Crippen LogP contribution in [0.25, 0.3) is 0 Å². The number of nitrogens with one attached hydrogen (secondary N) is 1. The average molecular weight is 413 g/mol. The number of amides is 1. The van der Waals surface area contributed by atoms with Crippen LogP contribution in [0.15, 0.2) is 70.9 Å². The van der Waals surface area contributed by atoms with Gasteiger partial charge < -0.3 is 4.90 Å². The number of thiophene rings is 1. The SMILES string of the molecule is CNS(=O)(=O)c1cccc(C(=O)N2CCc3sccc3[C@@H]2c2ccccc2)c1. The Morgan fingerprint density at radius 2 is 1.89 bits per heavy atom. The molecule has 0 saturated carbocycles. The predicted molar refractivity (Wildman–Crippen MR) is 110 cm³/mol. The van der Waals surface area contributed by atoms with Gasteiger partial charge in [0.15, 0.2) is 0 Å². The molecule has 0 unspecified atom stereocenters. The summed E-state index contributed by atoms with van der Waals surface area (Å²) in [6.07, 6.45) is 0.802. The van der Waals surface area contributed by atoms with E-state index in [9.17, 15) is 13.2 Å². The van der Waals surface area contributed by atoms with Gasteiger partial charge in [0.25, 0.3) is 5.91 Å². The highest BCUT2D eigenvalue weighted by atomic mass is 32.2. The Morgan fingerprint density at radius 3 is 2.64 bits per heavy atom. The zero-order valence-corrected chi connectivity index (χ0v) is 17.0. The van der Waals surface area contributed by atoms with Gasteiger partial charge in [-0.1, -0.05) is 36.4 Å². The molecule has 1 amide bonds. The molecular weight excluding hydrogens is 392 g/mol. The van der Waals surface area contributed by atoms with Crippen LogP contribution in [0.2, 0.25) is 0 Å². The van der Waals surface area contributed by atoms with Crippen molar-refractivity contribution in [2.24, 2.45) is 0 Å². The second kappa shape index (κ2) is 7.50. The smallest absolute Gasteiger partial charge is 0.254 e. The molecular formula is C21H20N2O3S2. The van der Waals surface area contributed by atoms with E-state index in [1.807, 2.05) is 35.2 Å². The van der Waals surface area contributed by atoms with Crippen molar-refractivity contribution in [2.45, 2.75) is 17.4 Å². The predicted octanol–water partition coefficient (Wildman–Crippen LogP) is 3.44. The molecule has 0 spiro atoms. The van der Waals surface area contributed by atoms with E-state index < -0.39 is 10.0 Å². The van der Waals surface area contributed by atoms with E-state index in [0.29, 0.717) is 12.1 Å². The standard InChI is InChI=1S/C21H20N2O3S2/c1-22-28(25,26)17-9-5-8-16(14-17)21(24)23-12-10-19-18(11-13-27-19)20(23)15-6-3-2-4-7-15/h2-9,11,13-14,20,22H,10,12H2,1H3/t20-/m0/s1. The largest absolute Gasteiger partial charge is 0.327 e. The lowest BCUT2D eigenvalue weighted by molar-refractivity contribution is 0.0696. The van der Waals surface area contributed by atoms with Crippen molar-refractivity contribution in [1.82, 2.24) is 9.62 Å². The molecule has 4 rings (SSSR count). The van der Waals surface area contributed by atoms with Crippen LogP contribution >= 0.6 is 11.3 Å². The topological polar surface area (TPSA) is 66.5 Å². The van der Waals surface area contributed by atoms with Crippen LogP contribution < -0.4 is 4.72 Å². The van der Waals surface area contributed by atoms with Crippen LogP contribution in [0.1, 0.15) is 32.4 Å². The van der Waals surface area contributed by atoms with Crippen molar-refractivity contribution in [3.05, 3.63) is 87.6 Å². The molecule has 28 heavy (non-hydrogen) atoms. The van der Waals surface area contributed by atoms with Gasteiger partial charge in [-0.3, -0.25) is 4.79 Å². The molecule has 1 N–H and O–H groups in total. The first-order valence-electron chi connectivity index (χ1n) is 8.97. The number of fused-ring (bicyclic) bond motifs is 1.